The summed E-state index contributed by atoms with van der Waals surface area (Å²) in [6.07, 6.45) is 2.98. The molecule has 6 nitrogen and oxygen atoms in total. The molecule has 21 heavy (non-hydrogen) atoms. The molecule has 0 atom stereocenters. The molecule has 0 aromatic carbocycles. The van der Waals surface area contributed by atoms with Gasteiger partial charge in [0, 0.05) is 25.3 Å². The van der Waals surface area contributed by atoms with Gasteiger partial charge in [-0.05, 0) is 33.6 Å². The summed E-state index contributed by atoms with van der Waals surface area (Å²) in [4.78, 5) is 26.0. The first-order valence-corrected chi connectivity index (χ1v) is 7.56. The van der Waals surface area contributed by atoms with Crippen molar-refractivity contribution in [1.29, 1.82) is 0 Å². The van der Waals surface area contributed by atoms with Crippen LogP contribution < -0.4 is 0 Å². The number of nitrogens with zero attached hydrogens (tertiary/aromatic N) is 3. The van der Waals surface area contributed by atoms with Crippen molar-refractivity contribution < 1.29 is 14.3 Å². The van der Waals surface area contributed by atoms with Gasteiger partial charge in [0.25, 0.3) is 5.91 Å². The first-order valence-electron chi connectivity index (χ1n) is 7.56. The van der Waals surface area contributed by atoms with E-state index in [1.54, 1.807) is 11.1 Å². The Morgan fingerprint density at radius 3 is 2.52 bits per heavy atom. The van der Waals surface area contributed by atoms with Crippen molar-refractivity contribution in [2.75, 3.05) is 19.7 Å². The van der Waals surface area contributed by atoms with Crippen LogP contribution in [0.1, 0.15) is 42.7 Å². The summed E-state index contributed by atoms with van der Waals surface area (Å²) >= 11 is 0. The standard InChI is InChI=1S/C15H23N3O3/c1-4-18-11(3)13(10-16-18)14(19)17-8-6-12(7-9-17)15(20)21-5-2/h10,12H,4-9H2,1-3H3. The molecule has 1 aliphatic heterocycles. The summed E-state index contributed by atoms with van der Waals surface area (Å²) in [5.41, 5.74) is 1.56. The van der Waals surface area contributed by atoms with Crippen molar-refractivity contribution in [2.24, 2.45) is 5.92 Å². The Morgan fingerprint density at radius 1 is 1.33 bits per heavy atom. The minimum atomic E-state index is -0.139. The van der Waals surface area contributed by atoms with Crippen molar-refractivity contribution in [3.05, 3.63) is 17.5 Å². The molecule has 1 aromatic rings. The van der Waals surface area contributed by atoms with Crippen molar-refractivity contribution in [1.82, 2.24) is 14.7 Å². The Hall–Kier alpha value is -1.85. The second-order valence-electron chi connectivity index (χ2n) is 5.28. The molecule has 1 aliphatic rings. The van der Waals surface area contributed by atoms with Crippen LogP contribution in [0, 0.1) is 12.8 Å². The fourth-order valence-electron chi connectivity index (χ4n) is 2.72. The van der Waals surface area contributed by atoms with Gasteiger partial charge in [-0.15, -0.1) is 0 Å². The summed E-state index contributed by atoms with van der Waals surface area (Å²) in [6, 6.07) is 0. The second kappa shape index (κ2) is 6.74. The molecule has 0 saturated carbocycles. The maximum absolute atomic E-state index is 12.5. The number of esters is 1. The molecular weight excluding hydrogens is 270 g/mol. The highest BCUT2D eigenvalue weighted by Crippen LogP contribution is 2.21. The van der Waals surface area contributed by atoms with Crippen LogP contribution in [-0.2, 0) is 16.1 Å². The van der Waals surface area contributed by atoms with E-state index in [1.165, 1.54) is 0 Å². The van der Waals surface area contributed by atoms with Gasteiger partial charge in [-0.3, -0.25) is 14.3 Å². The Labute approximate surface area is 125 Å². The normalized spacial score (nSPS) is 16.0. The zero-order valence-corrected chi connectivity index (χ0v) is 13.0. The highest BCUT2D eigenvalue weighted by molar-refractivity contribution is 5.95. The van der Waals surface area contributed by atoms with E-state index in [4.69, 9.17) is 4.74 Å². The van der Waals surface area contributed by atoms with Crippen LogP contribution in [0.25, 0.3) is 0 Å². The molecule has 0 spiro atoms. The third kappa shape index (κ3) is 3.25. The second-order valence-corrected chi connectivity index (χ2v) is 5.28. The van der Waals surface area contributed by atoms with Crippen LogP contribution in [0.5, 0.6) is 0 Å². The molecule has 1 saturated heterocycles. The number of carbonyl (C=O) groups excluding carboxylic acids is 2. The lowest BCUT2D eigenvalue weighted by molar-refractivity contribution is -0.149. The minimum Gasteiger partial charge on any atom is -0.466 e. The van der Waals surface area contributed by atoms with Gasteiger partial charge in [0.2, 0.25) is 0 Å². The minimum absolute atomic E-state index is 0.00880. The monoisotopic (exact) mass is 293 g/mol. The van der Waals surface area contributed by atoms with Gasteiger partial charge in [0.1, 0.15) is 0 Å². The fraction of sp³-hybridized carbons (Fsp3) is 0.667. The number of rotatable bonds is 4. The molecule has 1 amide bonds. The molecule has 0 unspecified atom stereocenters. The largest absolute Gasteiger partial charge is 0.466 e. The number of piperidine rings is 1. The number of likely N-dealkylation sites (tertiary alicyclic amines) is 1. The quantitative estimate of drug-likeness (QED) is 0.791. The van der Waals surface area contributed by atoms with Gasteiger partial charge >= 0.3 is 5.97 Å². The topological polar surface area (TPSA) is 64.4 Å². The summed E-state index contributed by atoms with van der Waals surface area (Å²) in [6.45, 7) is 8.08. The molecule has 1 aromatic heterocycles. The molecular formula is C15H23N3O3. The van der Waals surface area contributed by atoms with Gasteiger partial charge in [-0.25, -0.2) is 0 Å². The molecule has 0 radical (unpaired) electrons. The van der Waals surface area contributed by atoms with Crippen molar-refractivity contribution in [3.63, 3.8) is 0 Å². The number of hydrogen-bond donors (Lipinski definition) is 0. The highest BCUT2D eigenvalue weighted by Gasteiger charge is 2.29. The Balaban J connectivity index is 1.97. The molecule has 2 heterocycles. The van der Waals surface area contributed by atoms with Gasteiger partial charge in [-0.1, -0.05) is 0 Å². The first kappa shape index (κ1) is 15.5. The molecule has 6 heteroatoms. The summed E-state index contributed by atoms with van der Waals surface area (Å²) in [5, 5.41) is 4.21. The number of amides is 1. The number of aryl methyl sites for hydroxylation is 1. The maximum atomic E-state index is 12.5. The number of ether oxygens (including phenoxy) is 1. The van der Waals surface area contributed by atoms with E-state index in [9.17, 15) is 9.59 Å². The Morgan fingerprint density at radius 2 is 2.00 bits per heavy atom. The molecule has 2 rings (SSSR count). The zero-order valence-electron chi connectivity index (χ0n) is 13.0. The predicted molar refractivity (Wildman–Crippen MR) is 77.9 cm³/mol. The summed E-state index contributed by atoms with van der Waals surface area (Å²) in [7, 11) is 0. The van der Waals surface area contributed by atoms with Crippen molar-refractivity contribution >= 4 is 11.9 Å². The fourth-order valence-corrected chi connectivity index (χ4v) is 2.72. The number of aromatic nitrogens is 2. The molecule has 0 N–H and O–H groups in total. The smallest absolute Gasteiger partial charge is 0.309 e. The van der Waals surface area contributed by atoms with Crippen molar-refractivity contribution in [3.8, 4) is 0 Å². The van der Waals surface area contributed by atoms with Crippen LogP contribution in [-0.4, -0.2) is 46.3 Å². The van der Waals surface area contributed by atoms with E-state index in [-0.39, 0.29) is 17.8 Å². The zero-order chi connectivity index (χ0) is 15.4. The predicted octanol–water partition coefficient (Wildman–Crippen LogP) is 1.63. The van der Waals surface area contributed by atoms with E-state index in [1.807, 2.05) is 25.5 Å². The van der Waals surface area contributed by atoms with Gasteiger partial charge < -0.3 is 9.64 Å². The van der Waals surface area contributed by atoms with Gasteiger partial charge in [-0.2, -0.15) is 5.10 Å². The molecule has 0 bridgehead atoms. The average molecular weight is 293 g/mol. The van der Waals surface area contributed by atoms with Crippen LogP contribution in [0.15, 0.2) is 6.20 Å². The van der Waals surface area contributed by atoms with E-state index >= 15 is 0 Å². The van der Waals surface area contributed by atoms with Crippen LogP contribution >= 0.6 is 0 Å². The lowest BCUT2D eigenvalue weighted by Crippen LogP contribution is -2.40. The molecule has 116 valence electrons. The van der Waals surface area contributed by atoms with E-state index < -0.39 is 0 Å². The first-order chi connectivity index (χ1) is 10.1. The lowest BCUT2D eigenvalue weighted by Gasteiger charge is -2.30. The average Bonchev–Trinajstić information content (AvgIpc) is 2.88. The van der Waals surface area contributed by atoms with E-state index in [2.05, 4.69) is 5.10 Å². The third-order valence-corrected chi connectivity index (χ3v) is 4.04. The third-order valence-electron chi connectivity index (χ3n) is 4.04. The van der Waals surface area contributed by atoms with Crippen LogP contribution in [0.4, 0.5) is 0 Å². The van der Waals surface area contributed by atoms with E-state index in [0.29, 0.717) is 38.1 Å². The van der Waals surface area contributed by atoms with Gasteiger partial charge in [0.05, 0.1) is 24.3 Å². The number of hydrogen-bond acceptors (Lipinski definition) is 4. The summed E-state index contributed by atoms with van der Waals surface area (Å²) in [5.74, 6) is -0.206. The molecule has 1 fully saturated rings. The molecule has 0 aliphatic carbocycles. The van der Waals surface area contributed by atoms with Crippen molar-refractivity contribution in [2.45, 2.75) is 40.2 Å². The van der Waals surface area contributed by atoms with E-state index in [0.717, 1.165) is 12.2 Å². The lowest BCUT2D eigenvalue weighted by atomic mass is 9.96. The van der Waals surface area contributed by atoms with Gasteiger partial charge in [0.15, 0.2) is 0 Å². The Kier molecular flexibility index (Phi) is 4.98. The maximum Gasteiger partial charge on any atom is 0.309 e. The number of carbonyl (C=O) groups is 2. The summed E-state index contributed by atoms with van der Waals surface area (Å²) < 4.78 is 6.86. The SMILES string of the molecule is CCOC(=O)C1CCN(C(=O)c2cnn(CC)c2C)CC1. The highest BCUT2D eigenvalue weighted by atomic mass is 16.5. The Bertz CT molecular complexity index is 516. The van der Waals surface area contributed by atoms with Crippen LogP contribution in [0.3, 0.4) is 0 Å². The van der Waals surface area contributed by atoms with Crippen LogP contribution in [0.2, 0.25) is 0 Å².